The van der Waals surface area contributed by atoms with Crippen LogP contribution in [-0.2, 0) is 27.5 Å². The number of carbonyl (C=O) groups is 3. The Balaban J connectivity index is 0.000000430. The second kappa shape index (κ2) is 16.6. The average molecular weight is 701 g/mol. The number of nitrogens with zero attached hydrogens (tertiary/aromatic N) is 4. The first-order valence-electron chi connectivity index (χ1n) is 12.9. The van der Waals surface area contributed by atoms with E-state index in [1.54, 1.807) is 18.6 Å². The molecule has 0 amide bonds. The van der Waals surface area contributed by atoms with Gasteiger partial charge in [0, 0.05) is 57.7 Å². The first-order chi connectivity index (χ1) is 21.4. The monoisotopic (exact) mass is 700 g/mol. The van der Waals surface area contributed by atoms with Crippen molar-refractivity contribution in [3.05, 3.63) is 60.2 Å². The summed E-state index contributed by atoms with van der Waals surface area (Å²) in [6, 6.07) is 9.70. The van der Waals surface area contributed by atoms with Crippen LogP contribution in [0, 0.1) is 5.41 Å². The fourth-order valence-electron chi connectivity index (χ4n) is 4.31. The summed E-state index contributed by atoms with van der Waals surface area (Å²) in [4.78, 5) is 39.4. The van der Waals surface area contributed by atoms with E-state index in [0.29, 0.717) is 45.7 Å². The molecule has 10 nitrogen and oxygen atoms in total. The van der Waals surface area contributed by atoms with Gasteiger partial charge >= 0.3 is 36.4 Å². The maximum atomic E-state index is 14.9. The fraction of sp³-hybridized carbons (Fsp3) is 0.500. The number of aliphatic carboxylic acids is 3. The van der Waals surface area contributed by atoms with Crippen LogP contribution in [0.4, 0.5) is 48.3 Å². The smallest absolute Gasteiger partial charge is 0.475 e. The van der Waals surface area contributed by atoms with Crippen molar-refractivity contribution in [2.45, 2.75) is 50.4 Å². The molecule has 4 rings (SSSR count). The molecule has 1 atom stereocenters. The Morgan fingerprint density at radius 3 is 1.51 bits per heavy atom. The third-order valence-corrected chi connectivity index (χ3v) is 6.47. The van der Waals surface area contributed by atoms with Crippen LogP contribution in [0.2, 0.25) is 0 Å². The van der Waals surface area contributed by atoms with Gasteiger partial charge < -0.3 is 15.3 Å². The molecule has 21 heteroatoms. The molecule has 4 heterocycles. The topological polar surface area (TPSA) is 144 Å². The number of halogens is 11. The van der Waals surface area contributed by atoms with Crippen molar-refractivity contribution in [1.29, 1.82) is 0 Å². The molecule has 2 aliphatic heterocycles. The molecule has 2 aromatic heterocycles. The molecular weight excluding hydrogens is 673 g/mol. The Labute approximate surface area is 258 Å². The van der Waals surface area contributed by atoms with E-state index in [1.165, 1.54) is 0 Å². The van der Waals surface area contributed by atoms with E-state index >= 15 is 0 Å². The Morgan fingerprint density at radius 2 is 1.11 bits per heavy atom. The minimum absolute atomic E-state index is 0.0600. The molecule has 0 radical (unpaired) electrons. The number of carboxylic acid groups (broad SMARTS) is 3. The lowest BCUT2D eigenvalue weighted by atomic mass is 9.75. The standard InChI is InChI=1S/C20H24F2N4.3C2HF3O2/c21-20(22)7-12-25(13-17-4-9-23-10-5-17)15-19(20)6-11-26(16-19)14-18-3-1-2-8-24-18;3*3-2(4,5)1(6)7/h1-5,8-10H,6-7,11-16H2;3*(H,6,7). The minimum Gasteiger partial charge on any atom is -0.475 e. The number of aromatic nitrogens is 2. The van der Waals surface area contributed by atoms with Crippen LogP contribution in [0.5, 0.6) is 0 Å². The SMILES string of the molecule is FC1(F)CCN(Cc2ccncc2)CC12CCN(Cc1ccccn1)C2.O=C(O)C(F)(F)F.O=C(O)C(F)(F)F.O=C(O)C(F)(F)F. The Morgan fingerprint density at radius 1 is 0.681 bits per heavy atom. The lowest BCUT2D eigenvalue weighted by Crippen LogP contribution is -2.56. The van der Waals surface area contributed by atoms with Crippen molar-refractivity contribution in [3.63, 3.8) is 0 Å². The summed E-state index contributed by atoms with van der Waals surface area (Å²) in [5, 5.41) is 21.4. The van der Waals surface area contributed by atoms with Crippen LogP contribution >= 0.6 is 0 Å². The van der Waals surface area contributed by atoms with E-state index in [4.69, 9.17) is 29.7 Å². The van der Waals surface area contributed by atoms with Gasteiger partial charge in [0.1, 0.15) is 0 Å². The largest absolute Gasteiger partial charge is 0.490 e. The Bertz CT molecular complexity index is 1240. The third kappa shape index (κ3) is 14.0. The van der Waals surface area contributed by atoms with Crippen molar-refractivity contribution in [2.75, 3.05) is 26.2 Å². The molecule has 2 aliphatic rings. The average Bonchev–Trinajstić information content (AvgIpc) is 3.35. The molecule has 2 fully saturated rings. The van der Waals surface area contributed by atoms with Gasteiger partial charge in [-0.15, -0.1) is 0 Å². The summed E-state index contributed by atoms with van der Waals surface area (Å²) in [5.74, 6) is -10.9. The molecule has 0 aromatic carbocycles. The van der Waals surface area contributed by atoms with E-state index in [1.807, 2.05) is 30.3 Å². The van der Waals surface area contributed by atoms with Gasteiger partial charge in [0.05, 0.1) is 11.1 Å². The molecule has 1 spiro atoms. The third-order valence-electron chi connectivity index (χ3n) is 6.47. The summed E-state index contributed by atoms with van der Waals surface area (Å²) < 4.78 is 125. The number of rotatable bonds is 4. The van der Waals surface area contributed by atoms with Crippen LogP contribution in [0.3, 0.4) is 0 Å². The number of hydrogen-bond acceptors (Lipinski definition) is 7. The minimum atomic E-state index is -5.08. The molecule has 0 bridgehead atoms. The van der Waals surface area contributed by atoms with Crippen LogP contribution in [0.25, 0.3) is 0 Å². The summed E-state index contributed by atoms with van der Waals surface area (Å²) >= 11 is 0. The Kier molecular flexibility index (Phi) is 14.5. The van der Waals surface area contributed by atoms with E-state index < -0.39 is 47.8 Å². The summed E-state index contributed by atoms with van der Waals surface area (Å²) in [7, 11) is 0. The number of hydrogen-bond donors (Lipinski definition) is 3. The van der Waals surface area contributed by atoms with Crippen molar-refractivity contribution < 1.29 is 78.0 Å². The predicted octanol–water partition coefficient (Wildman–Crippen LogP) is 5.11. The summed E-state index contributed by atoms with van der Waals surface area (Å²) in [6.45, 7) is 3.38. The molecule has 0 aliphatic carbocycles. The lowest BCUT2D eigenvalue weighted by molar-refractivity contribution is -0.193. The Hall–Kier alpha value is -4.14. The van der Waals surface area contributed by atoms with E-state index in [9.17, 15) is 48.3 Å². The van der Waals surface area contributed by atoms with E-state index in [0.717, 1.165) is 11.3 Å². The van der Waals surface area contributed by atoms with Crippen LogP contribution in [0.1, 0.15) is 24.1 Å². The van der Waals surface area contributed by atoms with Gasteiger partial charge in [-0.25, -0.2) is 23.2 Å². The maximum Gasteiger partial charge on any atom is 0.490 e. The number of likely N-dealkylation sites (tertiary alicyclic amines) is 2. The highest BCUT2D eigenvalue weighted by Gasteiger charge is 2.59. The zero-order chi connectivity index (χ0) is 36.3. The van der Waals surface area contributed by atoms with Gasteiger partial charge in [-0.1, -0.05) is 6.07 Å². The highest BCUT2D eigenvalue weighted by molar-refractivity contribution is 5.73. The number of pyridine rings is 2. The van der Waals surface area contributed by atoms with Crippen LogP contribution in [0.15, 0.2) is 48.9 Å². The number of alkyl halides is 11. The van der Waals surface area contributed by atoms with Crippen molar-refractivity contribution in [1.82, 2.24) is 19.8 Å². The quantitative estimate of drug-likeness (QED) is 0.368. The van der Waals surface area contributed by atoms with Gasteiger partial charge in [0.15, 0.2) is 0 Å². The van der Waals surface area contributed by atoms with Gasteiger partial charge in [0.25, 0.3) is 5.92 Å². The predicted molar refractivity (Wildman–Crippen MR) is 137 cm³/mol. The molecule has 3 N–H and O–H groups in total. The van der Waals surface area contributed by atoms with Gasteiger partial charge in [0.2, 0.25) is 0 Å². The van der Waals surface area contributed by atoms with E-state index in [2.05, 4.69) is 19.8 Å². The van der Waals surface area contributed by atoms with Crippen LogP contribution < -0.4 is 0 Å². The van der Waals surface area contributed by atoms with Gasteiger partial charge in [-0.2, -0.15) is 39.5 Å². The van der Waals surface area contributed by atoms with E-state index in [-0.39, 0.29) is 6.42 Å². The highest BCUT2D eigenvalue weighted by Crippen LogP contribution is 2.49. The van der Waals surface area contributed by atoms with Gasteiger partial charge in [-0.05, 0) is 42.8 Å². The second-order valence-corrected chi connectivity index (χ2v) is 9.99. The van der Waals surface area contributed by atoms with Crippen molar-refractivity contribution in [3.8, 4) is 0 Å². The molecule has 2 saturated heterocycles. The number of piperidine rings is 1. The first-order valence-corrected chi connectivity index (χ1v) is 12.9. The summed E-state index contributed by atoms with van der Waals surface area (Å²) in [5.41, 5.74) is 1.12. The summed E-state index contributed by atoms with van der Waals surface area (Å²) in [6.07, 6.45) is -9.50. The highest BCUT2D eigenvalue weighted by atomic mass is 19.4. The first kappa shape index (κ1) is 40.9. The fourth-order valence-corrected chi connectivity index (χ4v) is 4.31. The second-order valence-electron chi connectivity index (χ2n) is 9.99. The van der Waals surface area contributed by atoms with Gasteiger partial charge in [-0.3, -0.25) is 19.8 Å². The molecule has 2 aromatic rings. The van der Waals surface area contributed by atoms with Crippen LogP contribution in [-0.4, -0.2) is 104 Å². The van der Waals surface area contributed by atoms with Crippen molar-refractivity contribution in [2.24, 2.45) is 5.41 Å². The normalized spacial score (nSPS) is 19.6. The zero-order valence-corrected chi connectivity index (χ0v) is 23.8. The molecular formula is C26H27F11N4O6. The molecule has 47 heavy (non-hydrogen) atoms. The zero-order valence-electron chi connectivity index (χ0n) is 23.8. The lowest BCUT2D eigenvalue weighted by Gasteiger charge is -2.46. The maximum absolute atomic E-state index is 14.9. The molecule has 264 valence electrons. The van der Waals surface area contributed by atoms with Crippen molar-refractivity contribution >= 4 is 17.9 Å². The molecule has 1 unspecified atom stereocenters. The molecule has 0 saturated carbocycles. The number of carboxylic acids is 3.